The summed E-state index contributed by atoms with van der Waals surface area (Å²) in [5, 5.41) is 0.429. The second kappa shape index (κ2) is 5.01. The highest BCUT2D eigenvalue weighted by molar-refractivity contribution is 9.10. The fourth-order valence-electron chi connectivity index (χ4n) is 2.14. The van der Waals surface area contributed by atoms with Crippen LogP contribution in [0, 0.1) is 0 Å². The number of aryl methyl sites for hydroxylation is 2. The van der Waals surface area contributed by atoms with Crippen LogP contribution in [0.3, 0.4) is 0 Å². The molecule has 0 aliphatic heterocycles. The molecule has 0 atom stereocenters. The van der Waals surface area contributed by atoms with Crippen molar-refractivity contribution in [1.29, 1.82) is 0 Å². The molecule has 1 heterocycles. The highest BCUT2D eigenvalue weighted by Crippen LogP contribution is 2.32. The molecule has 1 aliphatic rings. The summed E-state index contributed by atoms with van der Waals surface area (Å²) in [7, 11) is -3.65. The number of benzene rings is 1. The van der Waals surface area contributed by atoms with Gasteiger partial charge in [-0.05, 0) is 53.4 Å². The lowest BCUT2D eigenvalue weighted by atomic mass is 10.3. The molecule has 3 rings (SSSR count). The van der Waals surface area contributed by atoms with Crippen molar-refractivity contribution in [1.82, 2.24) is 4.98 Å². The predicted octanol–water partition coefficient (Wildman–Crippen LogP) is 2.78. The van der Waals surface area contributed by atoms with Crippen molar-refractivity contribution in [3.8, 4) is 0 Å². The van der Waals surface area contributed by atoms with Crippen molar-refractivity contribution in [3.63, 3.8) is 0 Å². The normalized spacial score (nSPS) is 14.2. The Labute approximate surface area is 129 Å². The molecule has 1 aliphatic carbocycles. The molecule has 0 fully saturated rings. The molecule has 0 unspecified atom stereocenters. The van der Waals surface area contributed by atoms with Crippen LogP contribution in [-0.2, 0) is 22.9 Å². The fourth-order valence-corrected chi connectivity index (χ4v) is 5.52. The first-order chi connectivity index (χ1) is 9.45. The van der Waals surface area contributed by atoms with E-state index in [-0.39, 0.29) is 4.90 Å². The SMILES string of the molecule is Nc1ccc(S(=O)(=O)Nc2nc3c(s2)CCC3)c(Br)c1. The van der Waals surface area contributed by atoms with E-state index in [9.17, 15) is 8.42 Å². The van der Waals surface area contributed by atoms with Crippen LogP contribution in [0.5, 0.6) is 0 Å². The molecule has 20 heavy (non-hydrogen) atoms. The zero-order valence-electron chi connectivity index (χ0n) is 10.4. The summed E-state index contributed by atoms with van der Waals surface area (Å²) >= 11 is 4.64. The first-order valence-corrected chi connectivity index (χ1v) is 9.11. The number of nitrogens with one attached hydrogen (secondary N) is 1. The maximum Gasteiger partial charge on any atom is 0.264 e. The van der Waals surface area contributed by atoms with E-state index in [2.05, 4.69) is 25.6 Å². The molecule has 3 N–H and O–H groups in total. The van der Waals surface area contributed by atoms with Crippen LogP contribution in [0.2, 0.25) is 0 Å². The van der Waals surface area contributed by atoms with Gasteiger partial charge in [0.25, 0.3) is 10.0 Å². The van der Waals surface area contributed by atoms with Gasteiger partial charge in [0.1, 0.15) is 4.90 Å². The Kier molecular flexibility index (Phi) is 3.47. The molecule has 0 radical (unpaired) electrons. The first-order valence-electron chi connectivity index (χ1n) is 6.02. The van der Waals surface area contributed by atoms with Crippen LogP contribution in [-0.4, -0.2) is 13.4 Å². The maximum absolute atomic E-state index is 12.3. The molecule has 1 aromatic heterocycles. The van der Waals surface area contributed by atoms with Crippen LogP contribution in [0.15, 0.2) is 27.6 Å². The molecule has 8 heteroatoms. The molecular formula is C12H12BrN3O2S2. The number of halogens is 1. The summed E-state index contributed by atoms with van der Waals surface area (Å²) < 4.78 is 27.7. The monoisotopic (exact) mass is 373 g/mol. The van der Waals surface area contributed by atoms with Crippen LogP contribution in [0.25, 0.3) is 0 Å². The third kappa shape index (κ3) is 2.55. The average Bonchev–Trinajstić information content (AvgIpc) is 2.87. The Morgan fingerprint density at radius 2 is 2.15 bits per heavy atom. The van der Waals surface area contributed by atoms with Crippen LogP contribution in [0.4, 0.5) is 10.8 Å². The Bertz CT molecular complexity index is 750. The number of nitrogens with zero attached hydrogens (tertiary/aromatic N) is 1. The standard InChI is InChI=1S/C12H12BrN3O2S2/c13-8-6-7(14)4-5-11(8)20(17,18)16-12-15-9-2-1-3-10(9)19-12/h4-6H,1-3,14H2,(H,15,16). The number of fused-ring (bicyclic) bond motifs is 1. The van der Waals surface area contributed by atoms with Crippen molar-refractivity contribution >= 4 is 48.1 Å². The third-order valence-corrected chi connectivity index (χ3v) is 6.58. The van der Waals surface area contributed by atoms with Crippen molar-refractivity contribution in [2.24, 2.45) is 0 Å². The third-order valence-electron chi connectivity index (χ3n) is 3.06. The quantitative estimate of drug-likeness (QED) is 0.809. The zero-order valence-corrected chi connectivity index (χ0v) is 13.6. The Hall–Kier alpha value is -1.12. The summed E-state index contributed by atoms with van der Waals surface area (Å²) in [6.45, 7) is 0. The fraction of sp³-hybridized carbons (Fsp3) is 0.250. The number of nitrogens with two attached hydrogens (primary N) is 1. The van der Waals surface area contributed by atoms with Crippen molar-refractivity contribution in [2.45, 2.75) is 24.2 Å². The van der Waals surface area contributed by atoms with E-state index >= 15 is 0 Å². The van der Waals surface area contributed by atoms with E-state index in [1.807, 2.05) is 0 Å². The Morgan fingerprint density at radius 1 is 1.35 bits per heavy atom. The van der Waals surface area contributed by atoms with E-state index in [0.29, 0.717) is 15.3 Å². The van der Waals surface area contributed by atoms with Crippen molar-refractivity contribution < 1.29 is 8.42 Å². The lowest BCUT2D eigenvalue weighted by Gasteiger charge is -2.07. The molecular weight excluding hydrogens is 362 g/mol. The van der Waals surface area contributed by atoms with Crippen LogP contribution < -0.4 is 10.5 Å². The summed E-state index contributed by atoms with van der Waals surface area (Å²) in [5.41, 5.74) is 7.14. The second-order valence-electron chi connectivity index (χ2n) is 4.54. The number of rotatable bonds is 3. The molecule has 0 saturated carbocycles. The minimum absolute atomic E-state index is 0.155. The van der Waals surface area contributed by atoms with Gasteiger partial charge in [-0.2, -0.15) is 0 Å². The largest absolute Gasteiger partial charge is 0.399 e. The van der Waals surface area contributed by atoms with Gasteiger partial charge in [-0.3, -0.25) is 4.72 Å². The van der Waals surface area contributed by atoms with Gasteiger partial charge in [-0.15, -0.1) is 11.3 Å². The van der Waals surface area contributed by atoms with E-state index in [1.165, 1.54) is 22.3 Å². The summed E-state index contributed by atoms with van der Waals surface area (Å²) in [5.74, 6) is 0. The number of hydrogen-bond donors (Lipinski definition) is 2. The number of anilines is 2. The predicted molar refractivity (Wildman–Crippen MR) is 83.5 cm³/mol. The molecule has 1 aromatic carbocycles. The number of thiazole rings is 1. The number of nitrogen functional groups attached to an aromatic ring is 1. The highest BCUT2D eigenvalue weighted by atomic mass is 79.9. The summed E-state index contributed by atoms with van der Waals surface area (Å²) in [4.78, 5) is 5.67. The van der Waals surface area contributed by atoms with Gasteiger partial charge in [0, 0.05) is 15.0 Å². The van der Waals surface area contributed by atoms with Gasteiger partial charge in [0.05, 0.1) is 5.69 Å². The lowest BCUT2D eigenvalue weighted by Crippen LogP contribution is -2.13. The van der Waals surface area contributed by atoms with Gasteiger partial charge in [-0.25, -0.2) is 13.4 Å². The minimum atomic E-state index is -3.65. The lowest BCUT2D eigenvalue weighted by molar-refractivity contribution is 0.600. The number of hydrogen-bond acceptors (Lipinski definition) is 5. The Balaban J connectivity index is 1.91. The van der Waals surface area contributed by atoms with E-state index < -0.39 is 10.0 Å². The van der Waals surface area contributed by atoms with Gasteiger partial charge < -0.3 is 5.73 Å². The molecule has 106 valence electrons. The van der Waals surface area contributed by atoms with Gasteiger partial charge in [0.15, 0.2) is 5.13 Å². The van der Waals surface area contributed by atoms with Crippen molar-refractivity contribution in [3.05, 3.63) is 33.2 Å². The van der Waals surface area contributed by atoms with E-state index in [1.54, 1.807) is 12.1 Å². The van der Waals surface area contributed by atoms with Crippen LogP contribution >= 0.6 is 27.3 Å². The second-order valence-corrected chi connectivity index (χ2v) is 8.13. The molecule has 0 amide bonds. The molecule has 5 nitrogen and oxygen atoms in total. The van der Waals surface area contributed by atoms with Crippen molar-refractivity contribution in [2.75, 3.05) is 10.5 Å². The van der Waals surface area contributed by atoms with E-state index in [0.717, 1.165) is 25.0 Å². The van der Waals surface area contributed by atoms with Gasteiger partial charge in [-0.1, -0.05) is 0 Å². The Morgan fingerprint density at radius 3 is 2.85 bits per heavy atom. The van der Waals surface area contributed by atoms with Gasteiger partial charge in [0.2, 0.25) is 0 Å². The molecule has 0 saturated heterocycles. The summed E-state index contributed by atoms with van der Waals surface area (Å²) in [6.07, 6.45) is 3.02. The smallest absolute Gasteiger partial charge is 0.264 e. The van der Waals surface area contributed by atoms with Crippen LogP contribution in [0.1, 0.15) is 17.0 Å². The zero-order chi connectivity index (χ0) is 14.3. The first kappa shape index (κ1) is 13.8. The minimum Gasteiger partial charge on any atom is -0.399 e. The average molecular weight is 374 g/mol. The molecule has 0 spiro atoms. The number of aromatic nitrogens is 1. The number of sulfonamides is 1. The van der Waals surface area contributed by atoms with E-state index in [4.69, 9.17) is 5.73 Å². The molecule has 2 aromatic rings. The maximum atomic E-state index is 12.3. The topological polar surface area (TPSA) is 85.1 Å². The molecule has 0 bridgehead atoms. The summed E-state index contributed by atoms with van der Waals surface area (Å²) in [6, 6.07) is 4.60. The highest BCUT2D eigenvalue weighted by Gasteiger charge is 2.22. The van der Waals surface area contributed by atoms with Gasteiger partial charge >= 0.3 is 0 Å².